The van der Waals surface area contributed by atoms with Gasteiger partial charge in [0, 0.05) is 44.4 Å². The molecule has 1 aromatic rings. The van der Waals surface area contributed by atoms with Gasteiger partial charge in [0.2, 0.25) is 0 Å². The molecule has 1 aliphatic heterocycles. The van der Waals surface area contributed by atoms with E-state index in [4.69, 9.17) is 23.7 Å². The fourth-order valence-corrected chi connectivity index (χ4v) is 8.83. The summed E-state index contributed by atoms with van der Waals surface area (Å²) in [6.45, 7) is 16.0. The largest absolute Gasteiger partial charge is 0.462 e. The maximum absolute atomic E-state index is 13.9. The summed E-state index contributed by atoms with van der Waals surface area (Å²) < 4.78 is 30.4. The molecule has 0 radical (unpaired) electrons. The molecule has 0 aromatic heterocycles. The molecule has 3 aliphatic carbocycles. The lowest BCUT2D eigenvalue weighted by atomic mass is 9.49. The van der Waals surface area contributed by atoms with Gasteiger partial charge in [0.05, 0.1) is 6.04 Å². The molecule has 260 valence electrons. The minimum absolute atomic E-state index is 0.0661. The number of esters is 4. The fourth-order valence-electron chi connectivity index (χ4n) is 8.83. The van der Waals surface area contributed by atoms with Gasteiger partial charge in [-0.05, 0) is 54.5 Å². The van der Waals surface area contributed by atoms with E-state index in [0.29, 0.717) is 29.6 Å². The summed E-state index contributed by atoms with van der Waals surface area (Å²) in [6, 6.07) is 9.22. The van der Waals surface area contributed by atoms with Crippen molar-refractivity contribution in [2.75, 3.05) is 13.8 Å². The summed E-state index contributed by atoms with van der Waals surface area (Å²) in [6.07, 6.45) is -4.10. The molecule has 2 saturated carbocycles. The molecule has 1 aromatic carbocycles. The van der Waals surface area contributed by atoms with Crippen LogP contribution in [0.15, 0.2) is 53.6 Å². The molecule has 48 heavy (non-hydrogen) atoms. The lowest BCUT2D eigenvalue weighted by molar-refractivity contribution is -0.203. The Hall–Kier alpha value is -3.83. The van der Waals surface area contributed by atoms with Gasteiger partial charge >= 0.3 is 23.9 Å². The van der Waals surface area contributed by atoms with Gasteiger partial charge in [-0.25, -0.2) is 4.79 Å². The van der Waals surface area contributed by atoms with Gasteiger partial charge in [0.15, 0.2) is 18.0 Å². The van der Waals surface area contributed by atoms with Crippen molar-refractivity contribution >= 4 is 29.7 Å². The van der Waals surface area contributed by atoms with Gasteiger partial charge in [0.1, 0.15) is 25.0 Å². The maximum atomic E-state index is 13.9. The first-order valence-corrected chi connectivity index (χ1v) is 16.5. The zero-order valence-corrected chi connectivity index (χ0v) is 29.1. The Morgan fingerprint density at radius 1 is 0.938 bits per heavy atom. The number of likely N-dealkylation sites (N-methyl/N-ethyl adjacent to an activating group) is 1. The van der Waals surface area contributed by atoms with E-state index in [1.165, 1.54) is 20.8 Å². The second-order valence-corrected chi connectivity index (χ2v) is 14.5. The second kappa shape index (κ2) is 13.2. The third-order valence-electron chi connectivity index (χ3n) is 11.0. The van der Waals surface area contributed by atoms with Crippen LogP contribution in [0.2, 0.25) is 0 Å². The summed E-state index contributed by atoms with van der Waals surface area (Å²) in [5, 5.41) is 0. The monoisotopic (exact) mass is 665 g/mol. The average Bonchev–Trinajstić information content (AvgIpc) is 3.39. The number of benzene rings is 1. The number of allylic oxidation sites excluding steroid dienone is 1. The highest BCUT2D eigenvalue weighted by Crippen LogP contribution is 2.60. The minimum Gasteiger partial charge on any atom is -0.462 e. The Bertz CT molecular complexity index is 1530. The van der Waals surface area contributed by atoms with Crippen molar-refractivity contribution in [3.8, 4) is 0 Å². The summed E-state index contributed by atoms with van der Waals surface area (Å²) in [5.74, 6) is -3.83. The number of hydrogen-bond acceptors (Lipinski definition) is 11. The van der Waals surface area contributed by atoms with E-state index in [0.717, 1.165) is 5.56 Å². The predicted molar refractivity (Wildman–Crippen MR) is 173 cm³/mol. The van der Waals surface area contributed by atoms with E-state index in [2.05, 4.69) is 6.58 Å². The summed E-state index contributed by atoms with van der Waals surface area (Å²) >= 11 is 0. The van der Waals surface area contributed by atoms with Crippen molar-refractivity contribution in [3.05, 3.63) is 59.2 Å². The highest BCUT2D eigenvalue weighted by molar-refractivity contribution is 5.97. The number of Topliss-reactive ketones (excluding diaryl/α,β-unsaturated/α-hetero) is 1. The SMILES string of the molecule is C=C1[C@@H](OC(=O)[C@H]2OCN(C)[C@H]2c2ccccc2)CC[C@@]2(C)[C@@H](OC(C)=O)[C@H](OC(C)=O)C3=C(C)C(=O)C[C@@H]([C@@H](OC(C)=O)[C@H]12)C3(C)C. The van der Waals surface area contributed by atoms with Crippen LogP contribution in [0.25, 0.3) is 0 Å². The first kappa shape index (κ1) is 35.5. The molecule has 5 rings (SSSR count). The molecule has 0 N–H and O–H groups in total. The Morgan fingerprint density at radius 3 is 2.17 bits per heavy atom. The Morgan fingerprint density at radius 2 is 1.56 bits per heavy atom. The molecular formula is C37H47NO10. The zero-order chi connectivity index (χ0) is 35.3. The third-order valence-corrected chi connectivity index (χ3v) is 11.0. The van der Waals surface area contributed by atoms with Crippen molar-refractivity contribution < 1.29 is 47.7 Å². The van der Waals surface area contributed by atoms with E-state index >= 15 is 0 Å². The topological polar surface area (TPSA) is 135 Å². The lowest BCUT2D eigenvalue weighted by Crippen LogP contribution is -2.64. The van der Waals surface area contributed by atoms with Crippen LogP contribution < -0.4 is 0 Å². The summed E-state index contributed by atoms with van der Waals surface area (Å²) in [7, 11) is 1.88. The quantitative estimate of drug-likeness (QED) is 0.239. The van der Waals surface area contributed by atoms with Gasteiger partial charge in [-0.15, -0.1) is 0 Å². The van der Waals surface area contributed by atoms with Gasteiger partial charge in [-0.2, -0.15) is 0 Å². The number of rotatable bonds is 6. The van der Waals surface area contributed by atoms with E-state index in [1.54, 1.807) is 6.92 Å². The number of carbonyl (C=O) groups is 5. The van der Waals surface area contributed by atoms with Crippen LogP contribution in [-0.2, 0) is 47.7 Å². The maximum Gasteiger partial charge on any atom is 0.337 e. The molecule has 11 nitrogen and oxygen atoms in total. The number of hydrogen-bond donors (Lipinski definition) is 0. The van der Waals surface area contributed by atoms with Crippen molar-refractivity contribution in [2.24, 2.45) is 22.7 Å². The van der Waals surface area contributed by atoms with E-state index < -0.39 is 77.1 Å². The Kier molecular flexibility index (Phi) is 9.78. The van der Waals surface area contributed by atoms with Crippen LogP contribution in [0.4, 0.5) is 0 Å². The van der Waals surface area contributed by atoms with Crippen LogP contribution in [0.3, 0.4) is 0 Å². The van der Waals surface area contributed by atoms with Gasteiger partial charge in [0.25, 0.3) is 0 Å². The van der Waals surface area contributed by atoms with Crippen molar-refractivity contribution in [3.63, 3.8) is 0 Å². The molecule has 1 saturated heterocycles. The number of ether oxygens (including phenoxy) is 5. The predicted octanol–water partition coefficient (Wildman–Crippen LogP) is 4.64. The Labute approximate surface area is 281 Å². The van der Waals surface area contributed by atoms with Crippen molar-refractivity contribution in [2.45, 2.75) is 104 Å². The van der Waals surface area contributed by atoms with Gasteiger partial charge in [-0.3, -0.25) is 24.1 Å². The molecule has 3 fully saturated rings. The molecule has 11 heteroatoms. The lowest BCUT2D eigenvalue weighted by Gasteiger charge is -2.59. The highest BCUT2D eigenvalue weighted by Gasteiger charge is 2.64. The van der Waals surface area contributed by atoms with Gasteiger partial charge < -0.3 is 23.7 Å². The van der Waals surface area contributed by atoms with Gasteiger partial charge in [-0.1, -0.05) is 57.7 Å². The van der Waals surface area contributed by atoms with Crippen LogP contribution in [0.5, 0.6) is 0 Å². The van der Waals surface area contributed by atoms with E-state index in [9.17, 15) is 24.0 Å². The average molecular weight is 666 g/mol. The van der Waals surface area contributed by atoms with Crippen molar-refractivity contribution in [1.82, 2.24) is 4.90 Å². The third kappa shape index (κ3) is 6.22. The molecule has 1 heterocycles. The number of ketones is 1. The second-order valence-electron chi connectivity index (χ2n) is 14.5. The summed E-state index contributed by atoms with van der Waals surface area (Å²) in [4.78, 5) is 67.7. The first-order valence-electron chi connectivity index (χ1n) is 16.5. The number of nitrogens with zero attached hydrogens (tertiary/aromatic N) is 1. The molecule has 0 amide bonds. The standard InChI is InChI=1S/C37H47NO10/c1-19-26(42)17-25-31(45-21(3)39)29-20(2)27(48-35(43)33-30(38(9)18-44-33)24-13-11-10-12-14-24)15-16-37(29,8)34(47-23(5)41)32(46-22(4)40)28(19)36(25,6)7/h10-14,25,27,29-34H,2,15-18H2,1,3-9H3/t25-,27-,29-,30-,31+,32+,33-,34-,37+/m0/s1. The van der Waals surface area contributed by atoms with E-state index in [1.807, 2.05) is 63.1 Å². The summed E-state index contributed by atoms with van der Waals surface area (Å²) in [5.41, 5.74) is 0.460. The highest BCUT2D eigenvalue weighted by atomic mass is 16.6. The molecule has 4 aliphatic rings. The normalized spacial score (nSPS) is 34.8. The fraction of sp³-hybridized carbons (Fsp3) is 0.595. The number of carbonyl (C=O) groups excluding carboxylic acids is 5. The smallest absolute Gasteiger partial charge is 0.337 e. The van der Waals surface area contributed by atoms with Crippen LogP contribution in [0, 0.1) is 22.7 Å². The minimum atomic E-state index is -1.10. The molecule has 0 unspecified atom stereocenters. The molecule has 0 spiro atoms. The molecular weight excluding hydrogens is 618 g/mol. The molecule has 9 atom stereocenters. The number of fused-ring (bicyclic) bond motifs is 3. The van der Waals surface area contributed by atoms with E-state index in [-0.39, 0.29) is 25.0 Å². The molecule has 2 bridgehead atoms. The van der Waals surface area contributed by atoms with Crippen LogP contribution in [-0.4, -0.2) is 78.9 Å². The van der Waals surface area contributed by atoms with Crippen LogP contribution in [0.1, 0.15) is 79.3 Å². The Balaban J connectivity index is 1.60. The van der Waals surface area contributed by atoms with Crippen molar-refractivity contribution in [1.29, 1.82) is 0 Å². The van der Waals surface area contributed by atoms with Crippen LogP contribution >= 0.6 is 0 Å². The zero-order valence-electron chi connectivity index (χ0n) is 29.1. The first-order chi connectivity index (χ1) is 22.5.